The minimum Gasteiger partial charge on any atom is -0.493 e. The van der Waals surface area contributed by atoms with Crippen molar-refractivity contribution in [2.24, 2.45) is 5.73 Å². The van der Waals surface area contributed by atoms with Crippen LogP contribution in [0.1, 0.15) is 43.0 Å². The van der Waals surface area contributed by atoms with Crippen molar-refractivity contribution >= 4 is 17.5 Å². The molecular formula is C17H25ClN2O3. The van der Waals surface area contributed by atoms with Crippen LogP contribution in [-0.2, 0) is 0 Å². The summed E-state index contributed by atoms with van der Waals surface area (Å²) in [4.78, 5) is 14.7. The maximum Gasteiger partial charge on any atom is 0.254 e. The van der Waals surface area contributed by atoms with Crippen LogP contribution >= 0.6 is 11.6 Å². The molecule has 5 nitrogen and oxygen atoms in total. The van der Waals surface area contributed by atoms with Crippen LogP contribution in [0.15, 0.2) is 12.1 Å². The van der Waals surface area contributed by atoms with Crippen molar-refractivity contribution in [2.45, 2.75) is 38.6 Å². The summed E-state index contributed by atoms with van der Waals surface area (Å²) >= 11 is 6.30. The van der Waals surface area contributed by atoms with Gasteiger partial charge in [0.1, 0.15) is 0 Å². The quantitative estimate of drug-likeness (QED) is 0.864. The number of likely N-dealkylation sites (tertiary alicyclic amines) is 1. The fourth-order valence-corrected chi connectivity index (χ4v) is 3.13. The summed E-state index contributed by atoms with van der Waals surface area (Å²) in [6.45, 7) is 3.77. The molecule has 1 aromatic rings. The Morgan fingerprint density at radius 1 is 1.43 bits per heavy atom. The van der Waals surface area contributed by atoms with Crippen LogP contribution in [0.25, 0.3) is 0 Å². The first-order chi connectivity index (χ1) is 11.1. The molecule has 0 radical (unpaired) electrons. The van der Waals surface area contributed by atoms with Gasteiger partial charge in [-0.1, -0.05) is 18.5 Å². The Bertz CT molecular complexity index is 551. The third-order valence-electron chi connectivity index (χ3n) is 4.09. The molecule has 1 aliphatic heterocycles. The largest absolute Gasteiger partial charge is 0.493 e. The molecule has 1 heterocycles. The third-order valence-corrected chi connectivity index (χ3v) is 4.37. The topological polar surface area (TPSA) is 64.8 Å². The van der Waals surface area contributed by atoms with Crippen molar-refractivity contribution in [3.05, 3.63) is 22.7 Å². The van der Waals surface area contributed by atoms with Crippen molar-refractivity contribution in [2.75, 3.05) is 26.8 Å². The van der Waals surface area contributed by atoms with E-state index in [4.69, 9.17) is 26.8 Å². The molecule has 0 aliphatic carbocycles. The molecule has 1 atom stereocenters. The van der Waals surface area contributed by atoms with Gasteiger partial charge in [-0.05, 0) is 37.8 Å². The van der Waals surface area contributed by atoms with E-state index in [1.54, 1.807) is 19.2 Å². The number of carbonyl (C=O) groups is 1. The molecule has 23 heavy (non-hydrogen) atoms. The third kappa shape index (κ3) is 4.09. The summed E-state index contributed by atoms with van der Waals surface area (Å²) in [7, 11) is 1.54. The molecule has 1 aromatic carbocycles. The molecule has 0 saturated carbocycles. The normalized spacial score (nSPS) is 17.9. The number of ether oxygens (including phenoxy) is 2. The predicted molar refractivity (Wildman–Crippen MR) is 91.5 cm³/mol. The molecule has 1 fully saturated rings. The van der Waals surface area contributed by atoms with Crippen LogP contribution < -0.4 is 15.2 Å². The summed E-state index contributed by atoms with van der Waals surface area (Å²) in [5, 5.41) is 0.391. The van der Waals surface area contributed by atoms with Crippen molar-refractivity contribution in [1.82, 2.24) is 4.90 Å². The number of hydrogen-bond donors (Lipinski definition) is 1. The number of hydrogen-bond acceptors (Lipinski definition) is 4. The maximum absolute atomic E-state index is 12.8. The summed E-state index contributed by atoms with van der Waals surface area (Å²) in [5.41, 5.74) is 6.32. The number of benzene rings is 1. The highest BCUT2D eigenvalue weighted by atomic mass is 35.5. The fraction of sp³-hybridized carbons (Fsp3) is 0.588. The number of piperidine rings is 1. The SMILES string of the molecule is CCCOc1c(Cl)cc(C(=O)N2CCCCC2CN)cc1OC. The van der Waals surface area contributed by atoms with Gasteiger partial charge in [-0.15, -0.1) is 0 Å². The van der Waals surface area contributed by atoms with E-state index in [1.165, 1.54) is 0 Å². The highest BCUT2D eigenvalue weighted by Crippen LogP contribution is 2.37. The van der Waals surface area contributed by atoms with Gasteiger partial charge in [-0.3, -0.25) is 4.79 Å². The second-order valence-corrected chi connectivity index (χ2v) is 6.13. The molecule has 1 saturated heterocycles. The smallest absolute Gasteiger partial charge is 0.254 e. The highest BCUT2D eigenvalue weighted by molar-refractivity contribution is 6.32. The average Bonchev–Trinajstić information content (AvgIpc) is 2.59. The monoisotopic (exact) mass is 340 g/mol. The summed E-state index contributed by atoms with van der Waals surface area (Å²) in [6, 6.07) is 3.44. The molecule has 0 aromatic heterocycles. The van der Waals surface area contributed by atoms with E-state index in [9.17, 15) is 4.79 Å². The van der Waals surface area contributed by atoms with Gasteiger partial charge in [-0.25, -0.2) is 0 Å². The molecule has 0 bridgehead atoms. The van der Waals surface area contributed by atoms with Gasteiger partial charge in [0.05, 0.1) is 18.7 Å². The van der Waals surface area contributed by atoms with Crippen molar-refractivity contribution < 1.29 is 14.3 Å². The van der Waals surface area contributed by atoms with E-state index >= 15 is 0 Å². The lowest BCUT2D eigenvalue weighted by Gasteiger charge is -2.35. The number of nitrogens with zero attached hydrogens (tertiary/aromatic N) is 1. The van der Waals surface area contributed by atoms with Gasteiger partial charge in [-0.2, -0.15) is 0 Å². The predicted octanol–water partition coefficient (Wildman–Crippen LogP) is 3.09. The number of amides is 1. The second kappa shape index (κ2) is 8.41. The zero-order valence-corrected chi connectivity index (χ0v) is 14.6. The molecule has 2 rings (SSSR count). The molecule has 0 spiro atoms. The lowest BCUT2D eigenvalue weighted by Crippen LogP contribution is -2.47. The Labute approximate surface area is 142 Å². The Balaban J connectivity index is 2.28. The fourth-order valence-electron chi connectivity index (χ4n) is 2.87. The Morgan fingerprint density at radius 3 is 2.87 bits per heavy atom. The number of rotatable bonds is 6. The zero-order chi connectivity index (χ0) is 16.8. The molecule has 6 heteroatoms. The molecule has 1 amide bonds. The van der Waals surface area contributed by atoms with E-state index in [1.807, 2.05) is 11.8 Å². The van der Waals surface area contributed by atoms with Crippen molar-refractivity contribution in [1.29, 1.82) is 0 Å². The van der Waals surface area contributed by atoms with Crippen molar-refractivity contribution in [3.8, 4) is 11.5 Å². The molecule has 2 N–H and O–H groups in total. The first-order valence-electron chi connectivity index (χ1n) is 8.13. The Hall–Kier alpha value is -1.46. The lowest BCUT2D eigenvalue weighted by atomic mass is 10.0. The van der Waals surface area contributed by atoms with Gasteiger partial charge in [0.15, 0.2) is 11.5 Å². The molecule has 128 valence electrons. The minimum absolute atomic E-state index is 0.0533. The van der Waals surface area contributed by atoms with Crippen LogP contribution in [0.3, 0.4) is 0 Å². The van der Waals surface area contributed by atoms with E-state index < -0.39 is 0 Å². The number of carbonyl (C=O) groups excluding carboxylic acids is 1. The van der Waals surface area contributed by atoms with Crippen LogP contribution in [0.2, 0.25) is 5.02 Å². The van der Waals surface area contributed by atoms with Crippen LogP contribution in [0, 0.1) is 0 Å². The van der Waals surface area contributed by atoms with Crippen LogP contribution in [-0.4, -0.2) is 43.7 Å². The summed E-state index contributed by atoms with van der Waals surface area (Å²) < 4.78 is 11.0. The lowest BCUT2D eigenvalue weighted by molar-refractivity contribution is 0.0623. The van der Waals surface area contributed by atoms with Gasteiger partial charge in [0, 0.05) is 24.7 Å². The van der Waals surface area contributed by atoms with E-state index in [2.05, 4.69) is 0 Å². The first-order valence-corrected chi connectivity index (χ1v) is 8.51. The molecular weight excluding hydrogens is 316 g/mol. The van der Waals surface area contributed by atoms with Gasteiger partial charge in [0.2, 0.25) is 0 Å². The van der Waals surface area contributed by atoms with E-state index in [-0.39, 0.29) is 11.9 Å². The standard InChI is InChI=1S/C17H25ClN2O3/c1-3-8-23-16-14(18)9-12(10-15(16)22-2)17(21)20-7-5-4-6-13(20)11-19/h9-10,13H,3-8,11,19H2,1-2H3. The summed E-state index contributed by atoms with van der Waals surface area (Å²) in [6.07, 6.45) is 3.93. The molecule has 1 unspecified atom stereocenters. The van der Waals surface area contributed by atoms with Gasteiger partial charge < -0.3 is 20.1 Å². The van der Waals surface area contributed by atoms with Gasteiger partial charge in [0.25, 0.3) is 5.91 Å². The highest BCUT2D eigenvalue weighted by Gasteiger charge is 2.27. The molecule has 1 aliphatic rings. The Kier molecular flexibility index (Phi) is 6.54. The number of methoxy groups -OCH3 is 1. The van der Waals surface area contributed by atoms with Crippen LogP contribution in [0.5, 0.6) is 11.5 Å². The van der Waals surface area contributed by atoms with Gasteiger partial charge >= 0.3 is 0 Å². The first kappa shape index (κ1) is 17.9. The van der Waals surface area contributed by atoms with Crippen molar-refractivity contribution in [3.63, 3.8) is 0 Å². The Morgan fingerprint density at radius 2 is 2.22 bits per heavy atom. The second-order valence-electron chi connectivity index (χ2n) is 5.72. The average molecular weight is 341 g/mol. The minimum atomic E-state index is -0.0533. The van der Waals surface area contributed by atoms with Crippen LogP contribution in [0.4, 0.5) is 0 Å². The number of halogens is 1. The van der Waals surface area contributed by atoms with E-state index in [0.717, 1.165) is 32.2 Å². The number of nitrogens with two attached hydrogens (primary N) is 1. The zero-order valence-electron chi connectivity index (χ0n) is 13.8. The maximum atomic E-state index is 12.8. The summed E-state index contributed by atoms with van der Waals surface area (Å²) in [5.74, 6) is 0.916. The van der Waals surface area contributed by atoms with E-state index in [0.29, 0.717) is 35.2 Å².